The second-order valence-corrected chi connectivity index (χ2v) is 8.22. The van der Waals surface area contributed by atoms with Crippen LogP contribution in [0.25, 0.3) is 11.0 Å². The van der Waals surface area contributed by atoms with Crippen molar-refractivity contribution in [2.75, 3.05) is 36.5 Å². The third kappa shape index (κ3) is 4.69. The molecule has 1 aliphatic carbocycles. The van der Waals surface area contributed by atoms with Gasteiger partial charge in [-0.1, -0.05) is 0 Å². The van der Waals surface area contributed by atoms with Crippen molar-refractivity contribution in [1.29, 1.82) is 0 Å². The topological polar surface area (TPSA) is 85.3 Å². The Morgan fingerprint density at radius 3 is 2.48 bits per heavy atom. The van der Waals surface area contributed by atoms with Crippen LogP contribution in [0.2, 0.25) is 0 Å². The monoisotopic (exact) mass is 420 g/mol. The Morgan fingerprint density at radius 1 is 0.968 bits per heavy atom. The molecule has 5 rings (SSSR count). The van der Waals surface area contributed by atoms with Crippen molar-refractivity contribution in [2.45, 2.75) is 44.8 Å². The Labute approximate surface area is 182 Å². The molecule has 2 aliphatic rings. The zero-order chi connectivity index (χ0) is 21.0. The van der Waals surface area contributed by atoms with E-state index in [4.69, 9.17) is 9.47 Å². The predicted octanol–water partition coefficient (Wildman–Crippen LogP) is 3.37. The van der Waals surface area contributed by atoms with Gasteiger partial charge in [-0.25, -0.2) is 15.0 Å². The van der Waals surface area contributed by atoms with Crippen LogP contribution in [0.5, 0.6) is 5.75 Å². The predicted molar refractivity (Wildman–Crippen MR) is 120 cm³/mol. The average molecular weight is 421 g/mol. The van der Waals surface area contributed by atoms with E-state index in [0.29, 0.717) is 6.04 Å². The Kier molecular flexibility index (Phi) is 5.80. The van der Waals surface area contributed by atoms with Gasteiger partial charge in [0.1, 0.15) is 17.1 Å². The number of rotatable bonds is 5. The molecule has 1 aromatic carbocycles. The lowest BCUT2D eigenvalue weighted by Crippen LogP contribution is -2.36. The number of ether oxygens (including phenoxy) is 2. The van der Waals surface area contributed by atoms with Gasteiger partial charge < -0.3 is 19.7 Å². The third-order valence-electron chi connectivity index (χ3n) is 6.02. The molecule has 1 saturated heterocycles. The smallest absolute Gasteiger partial charge is 0.149 e. The fourth-order valence-corrected chi connectivity index (χ4v) is 4.33. The number of aromatic nitrogens is 4. The maximum atomic E-state index is 6.50. The van der Waals surface area contributed by atoms with E-state index in [2.05, 4.69) is 42.3 Å². The third-order valence-corrected chi connectivity index (χ3v) is 6.02. The summed E-state index contributed by atoms with van der Waals surface area (Å²) in [5.74, 6) is 1.62. The maximum Gasteiger partial charge on any atom is 0.149 e. The standard InChI is InChI=1S/C23H28N6O2/c1-16-26-14-18(15-27-16)28-17-2-4-20(5-3-17)31-22-13-19(29-8-10-30-11-9-29)12-21-23(22)25-7-6-24-21/h6-7,12-15,17,20,28H,2-5,8-11H2,1H3. The van der Waals surface area contributed by atoms with E-state index in [1.165, 1.54) is 0 Å². The molecule has 0 atom stereocenters. The SMILES string of the molecule is Cc1ncc(NC2CCC(Oc3cc(N4CCOCC4)cc4nccnc34)CC2)cn1. The van der Waals surface area contributed by atoms with Gasteiger partial charge in [0.05, 0.1) is 42.9 Å². The average Bonchev–Trinajstić information content (AvgIpc) is 2.82. The first-order valence-corrected chi connectivity index (χ1v) is 11.0. The van der Waals surface area contributed by atoms with Crippen molar-refractivity contribution >= 4 is 22.4 Å². The number of hydrogen-bond donors (Lipinski definition) is 1. The number of benzene rings is 1. The van der Waals surface area contributed by atoms with Crippen molar-refractivity contribution in [3.8, 4) is 5.75 Å². The summed E-state index contributed by atoms with van der Waals surface area (Å²) in [5.41, 5.74) is 3.81. The molecular formula is C23H28N6O2. The highest BCUT2D eigenvalue weighted by molar-refractivity contribution is 5.85. The number of anilines is 2. The van der Waals surface area contributed by atoms with E-state index in [1.54, 1.807) is 12.4 Å². The van der Waals surface area contributed by atoms with Crippen LogP contribution in [-0.4, -0.2) is 58.4 Å². The van der Waals surface area contributed by atoms with Crippen LogP contribution in [0.3, 0.4) is 0 Å². The zero-order valence-corrected chi connectivity index (χ0v) is 17.8. The Bertz CT molecular complexity index is 1010. The summed E-state index contributed by atoms with van der Waals surface area (Å²) in [4.78, 5) is 20.0. The van der Waals surface area contributed by atoms with E-state index in [1.807, 2.05) is 19.3 Å². The van der Waals surface area contributed by atoms with Crippen LogP contribution in [0.1, 0.15) is 31.5 Å². The molecule has 3 aromatic rings. The lowest BCUT2D eigenvalue weighted by molar-refractivity contribution is 0.122. The minimum Gasteiger partial charge on any atom is -0.488 e. The minimum atomic E-state index is 0.178. The molecule has 8 heteroatoms. The number of morpholine rings is 1. The van der Waals surface area contributed by atoms with Crippen molar-refractivity contribution in [3.05, 3.63) is 42.7 Å². The molecule has 3 heterocycles. The molecule has 1 N–H and O–H groups in total. The van der Waals surface area contributed by atoms with Crippen LogP contribution in [0.15, 0.2) is 36.9 Å². The van der Waals surface area contributed by atoms with Gasteiger partial charge in [-0.05, 0) is 38.7 Å². The van der Waals surface area contributed by atoms with Gasteiger partial charge in [0.2, 0.25) is 0 Å². The van der Waals surface area contributed by atoms with Gasteiger partial charge in [-0.3, -0.25) is 4.98 Å². The summed E-state index contributed by atoms with van der Waals surface area (Å²) in [7, 11) is 0. The van der Waals surface area contributed by atoms with E-state index in [9.17, 15) is 0 Å². The second-order valence-electron chi connectivity index (χ2n) is 8.22. The highest BCUT2D eigenvalue weighted by Crippen LogP contribution is 2.33. The first kappa shape index (κ1) is 19.9. The number of nitrogens with zero attached hydrogens (tertiary/aromatic N) is 5. The Morgan fingerprint density at radius 2 is 1.71 bits per heavy atom. The summed E-state index contributed by atoms with van der Waals surface area (Å²) in [6.45, 7) is 5.15. The van der Waals surface area contributed by atoms with Gasteiger partial charge in [0.15, 0.2) is 0 Å². The van der Waals surface area contributed by atoms with Crippen LogP contribution in [0, 0.1) is 6.92 Å². The molecule has 0 radical (unpaired) electrons. The fraction of sp³-hybridized carbons (Fsp3) is 0.478. The van der Waals surface area contributed by atoms with Crippen molar-refractivity contribution in [2.24, 2.45) is 0 Å². The molecule has 2 aromatic heterocycles. The summed E-state index contributed by atoms with van der Waals surface area (Å²) in [5, 5.41) is 3.55. The van der Waals surface area contributed by atoms with E-state index in [-0.39, 0.29) is 6.10 Å². The Balaban J connectivity index is 1.27. The number of fused-ring (bicyclic) bond motifs is 1. The van der Waals surface area contributed by atoms with Gasteiger partial charge in [0, 0.05) is 43.3 Å². The normalized spacial score (nSPS) is 21.8. The lowest BCUT2D eigenvalue weighted by Gasteiger charge is -2.31. The molecule has 0 bridgehead atoms. The lowest BCUT2D eigenvalue weighted by atomic mass is 9.93. The molecular weight excluding hydrogens is 392 g/mol. The largest absolute Gasteiger partial charge is 0.488 e. The molecule has 0 unspecified atom stereocenters. The van der Waals surface area contributed by atoms with Gasteiger partial charge in [-0.2, -0.15) is 0 Å². The van der Waals surface area contributed by atoms with Crippen LogP contribution >= 0.6 is 0 Å². The number of hydrogen-bond acceptors (Lipinski definition) is 8. The van der Waals surface area contributed by atoms with Crippen LogP contribution in [0.4, 0.5) is 11.4 Å². The highest BCUT2D eigenvalue weighted by atomic mass is 16.5. The van der Waals surface area contributed by atoms with E-state index in [0.717, 1.165) is 86.0 Å². The maximum absolute atomic E-state index is 6.50. The first-order chi connectivity index (χ1) is 15.2. The quantitative estimate of drug-likeness (QED) is 0.673. The number of aryl methyl sites for hydroxylation is 1. The molecule has 8 nitrogen and oxygen atoms in total. The molecule has 0 spiro atoms. The molecule has 1 aliphatic heterocycles. The van der Waals surface area contributed by atoms with Crippen molar-refractivity contribution in [3.63, 3.8) is 0 Å². The van der Waals surface area contributed by atoms with Gasteiger partial charge >= 0.3 is 0 Å². The summed E-state index contributed by atoms with van der Waals surface area (Å²) >= 11 is 0. The molecule has 2 fully saturated rings. The number of nitrogens with one attached hydrogen (secondary N) is 1. The van der Waals surface area contributed by atoms with Gasteiger partial charge in [0.25, 0.3) is 0 Å². The Hall–Kier alpha value is -3.00. The van der Waals surface area contributed by atoms with E-state index < -0.39 is 0 Å². The molecule has 0 amide bonds. The zero-order valence-electron chi connectivity index (χ0n) is 17.8. The van der Waals surface area contributed by atoms with Crippen LogP contribution < -0.4 is 15.0 Å². The minimum absolute atomic E-state index is 0.178. The summed E-state index contributed by atoms with van der Waals surface area (Å²) in [6, 6.07) is 4.64. The summed E-state index contributed by atoms with van der Waals surface area (Å²) in [6.07, 6.45) is 11.4. The van der Waals surface area contributed by atoms with Crippen LogP contribution in [-0.2, 0) is 4.74 Å². The van der Waals surface area contributed by atoms with E-state index >= 15 is 0 Å². The molecule has 162 valence electrons. The fourth-order valence-electron chi connectivity index (χ4n) is 4.33. The molecule has 31 heavy (non-hydrogen) atoms. The van der Waals surface area contributed by atoms with Crippen molar-refractivity contribution in [1.82, 2.24) is 19.9 Å². The highest BCUT2D eigenvalue weighted by Gasteiger charge is 2.24. The molecule has 1 saturated carbocycles. The summed E-state index contributed by atoms with van der Waals surface area (Å²) < 4.78 is 12.0. The second kappa shape index (κ2) is 9.01. The van der Waals surface area contributed by atoms with Crippen molar-refractivity contribution < 1.29 is 9.47 Å². The first-order valence-electron chi connectivity index (χ1n) is 11.0. The van der Waals surface area contributed by atoms with Gasteiger partial charge in [-0.15, -0.1) is 0 Å².